The van der Waals surface area contributed by atoms with Crippen molar-refractivity contribution in [2.75, 3.05) is 16.5 Å². The number of anilines is 4. The molecular formula is C56H58N4O. The summed E-state index contributed by atoms with van der Waals surface area (Å²) in [5, 5.41) is 2.36. The molecule has 0 spiro atoms. The zero-order chi connectivity index (χ0) is 42.8. The fourth-order valence-corrected chi connectivity index (χ4v) is 9.00. The quantitative estimate of drug-likeness (QED) is 0.153. The molecule has 0 saturated heterocycles. The number of rotatable bonds is 8. The van der Waals surface area contributed by atoms with Gasteiger partial charge < -0.3 is 14.5 Å². The highest BCUT2D eigenvalue weighted by atomic mass is 16.5. The van der Waals surface area contributed by atoms with Gasteiger partial charge in [-0.3, -0.25) is 4.57 Å². The first-order valence-electron chi connectivity index (χ1n) is 21.9. The molecule has 1 aliphatic rings. The molecule has 0 amide bonds. The summed E-state index contributed by atoms with van der Waals surface area (Å²) in [6.07, 6.45) is 1.93. The summed E-state index contributed by atoms with van der Waals surface area (Å²) in [5.74, 6) is 3.33. The van der Waals surface area contributed by atoms with E-state index in [4.69, 9.17) is 9.72 Å². The summed E-state index contributed by atoms with van der Waals surface area (Å²) in [7, 11) is 0. The molecule has 1 aliphatic heterocycles. The summed E-state index contributed by atoms with van der Waals surface area (Å²) in [6, 6.07) is 50.9. The van der Waals surface area contributed by atoms with Gasteiger partial charge in [0.2, 0.25) is 0 Å². The first-order valence-corrected chi connectivity index (χ1v) is 21.9. The number of fused-ring (bicyclic) bond motifs is 4. The fourth-order valence-electron chi connectivity index (χ4n) is 9.00. The molecular weight excluding hydrogens is 745 g/mol. The molecule has 0 N–H and O–H groups in total. The second-order valence-electron chi connectivity index (χ2n) is 19.4. The van der Waals surface area contributed by atoms with Gasteiger partial charge in [0.1, 0.15) is 24.0 Å². The number of nitrogens with zero attached hydrogens (tertiary/aromatic N) is 4. The zero-order valence-electron chi connectivity index (χ0n) is 37.4. The number of aromatic nitrogens is 2. The summed E-state index contributed by atoms with van der Waals surface area (Å²) in [4.78, 5) is 9.79. The third-order valence-electron chi connectivity index (χ3n) is 12.4. The van der Waals surface area contributed by atoms with Crippen LogP contribution in [0.3, 0.4) is 0 Å². The molecule has 0 radical (unpaired) electrons. The summed E-state index contributed by atoms with van der Waals surface area (Å²) in [6.45, 7) is 23.4. The van der Waals surface area contributed by atoms with Crippen LogP contribution in [0.5, 0.6) is 11.5 Å². The van der Waals surface area contributed by atoms with E-state index in [9.17, 15) is 0 Å². The van der Waals surface area contributed by atoms with Crippen LogP contribution >= 0.6 is 0 Å². The molecule has 308 valence electrons. The molecule has 8 aromatic rings. The van der Waals surface area contributed by atoms with Crippen LogP contribution in [-0.2, 0) is 10.8 Å². The monoisotopic (exact) mass is 802 g/mol. The minimum absolute atomic E-state index is 0.00532. The van der Waals surface area contributed by atoms with E-state index in [1.807, 2.05) is 6.20 Å². The SMILES string of the molecule is CC(C)c1cccc(C(C)C)c1-c1cccc(N2CN(c3cc(Oc4ccc5c6ccccc6n(-c6cc(C(C)(C)C)ccn6)c5c4)cc(C(C)(C)C)c3)c3ccccc32)c1. The summed E-state index contributed by atoms with van der Waals surface area (Å²) in [5.41, 5.74) is 14.6. The van der Waals surface area contributed by atoms with Crippen molar-refractivity contribution in [2.45, 2.75) is 91.9 Å². The Morgan fingerprint density at radius 3 is 1.85 bits per heavy atom. The van der Waals surface area contributed by atoms with E-state index in [0.717, 1.165) is 34.0 Å². The average molecular weight is 803 g/mol. The van der Waals surface area contributed by atoms with Gasteiger partial charge in [0.15, 0.2) is 0 Å². The van der Waals surface area contributed by atoms with Crippen molar-refractivity contribution in [1.82, 2.24) is 9.55 Å². The molecule has 0 fully saturated rings. The Balaban J connectivity index is 1.11. The van der Waals surface area contributed by atoms with Crippen molar-refractivity contribution in [2.24, 2.45) is 0 Å². The number of ether oxygens (including phenoxy) is 1. The second kappa shape index (κ2) is 15.3. The predicted octanol–water partition coefficient (Wildman–Crippen LogP) is 15.7. The Labute approximate surface area is 362 Å². The predicted molar refractivity (Wildman–Crippen MR) is 258 cm³/mol. The van der Waals surface area contributed by atoms with E-state index in [2.05, 4.69) is 223 Å². The maximum absolute atomic E-state index is 6.94. The molecule has 9 rings (SSSR count). The molecule has 61 heavy (non-hydrogen) atoms. The number of hydrogen-bond donors (Lipinski definition) is 0. The van der Waals surface area contributed by atoms with Crippen molar-refractivity contribution >= 4 is 44.6 Å². The topological polar surface area (TPSA) is 33.5 Å². The van der Waals surface area contributed by atoms with Crippen LogP contribution in [0, 0.1) is 0 Å². The van der Waals surface area contributed by atoms with Crippen LogP contribution in [-0.4, -0.2) is 16.2 Å². The number of hydrogen-bond acceptors (Lipinski definition) is 4. The van der Waals surface area contributed by atoms with Gasteiger partial charge in [-0.05, 0) is 123 Å². The lowest BCUT2D eigenvalue weighted by molar-refractivity contribution is 0.479. The summed E-state index contributed by atoms with van der Waals surface area (Å²) < 4.78 is 9.22. The van der Waals surface area contributed by atoms with Crippen LogP contribution in [0.2, 0.25) is 0 Å². The first kappa shape index (κ1) is 40.1. The maximum atomic E-state index is 6.94. The molecule has 5 heteroatoms. The molecule has 0 atom stereocenters. The van der Waals surface area contributed by atoms with Crippen molar-refractivity contribution in [3.05, 3.63) is 168 Å². The van der Waals surface area contributed by atoms with E-state index in [1.165, 1.54) is 61.2 Å². The highest BCUT2D eigenvalue weighted by molar-refractivity contribution is 6.09. The number of para-hydroxylation sites is 3. The summed E-state index contributed by atoms with van der Waals surface area (Å²) >= 11 is 0. The Morgan fingerprint density at radius 2 is 1.16 bits per heavy atom. The normalized spacial score (nSPS) is 13.2. The highest BCUT2D eigenvalue weighted by Gasteiger charge is 2.30. The molecule has 3 heterocycles. The highest BCUT2D eigenvalue weighted by Crippen LogP contribution is 2.47. The molecule has 2 aromatic heterocycles. The van der Waals surface area contributed by atoms with Gasteiger partial charge in [-0.1, -0.05) is 130 Å². The van der Waals surface area contributed by atoms with E-state index in [-0.39, 0.29) is 10.8 Å². The lowest BCUT2D eigenvalue weighted by Gasteiger charge is -2.26. The second-order valence-corrected chi connectivity index (χ2v) is 19.4. The molecule has 0 saturated carbocycles. The van der Waals surface area contributed by atoms with Crippen LogP contribution in [0.1, 0.15) is 103 Å². The third-order valence-corrected chi connectivity index (χ3v) is 12.4. The van der Waals surface area contributed by atoms with E-state index < -0.39 is 0 Å². The molecule has 0 aliphatic carbocycles. The van der Waals surface area contributed by atoms with E-state index in [0.29, 0.717) is 18.5 Å². The van der Waals surface area contributed by atoms with Crippen LogP contribution in [0.4, 0.5) is 22.7 Å². The molecule has 5 nitrogen and oxygen atoms in total. The Kier molecular flexibility index (Phi) is 10.1. The van der Waals surface area contributed by atoms with Crippen molar-refractivity contribution < 1.29 is 4.74 Å². The van der Waals surface area contributed by atoms with Crippen LogP contribution in [0.15, 0.2) is 146 Å². The molecule has 0 unspecified atom stereocenters. The van der Waals surface area contributed by atoms with Crippen LogP contribution in [0.25, 0.3) is 38.8 Å². The minimum Gasteiger partial charge on any atom is -0.457 e. The van der Waals surface area contributed by atoms with Crippen LogP contribution < -0.4 is 14.5 Å². The Hall–Kier alpha value is -6.33. The van der Waals surface area contributed by atoms with E-state index >= 15 is 0 Å². The van der Waals surface area contributed by atoms with E-state index in [1.54, 1.807) is 0 Å². The largest absolute Gasteiger partial charge is 0.457 e. The maximum Gasteiger partial charge on any atom is 0.137 e. The van der Waals surface area contributed by atoms with Gasteiger partial charge in [0.25, 0.3) is 0 Å². The lowest BCUT2D eigenvalue weighted by Crippen LogP contribution is -2.24. The Bertz CT molecular complexity index is 2900. The molecule has 0 bridgehead atoms. The average Bonchev–Trinajstić information content (AvgIpc) is 3.79. The fraction of sp³-hybridized carbons (Fsp3) is 0.268. The molecule has 6 aromatic carbocycles. The standard InChI is InChI=1S/C56H58N4O/c1-36(2)45-20-16-21-46(37(3)4)54(45)38-17-15-18-41(29-38)58-35-59(51-24-14-13-23-50(51)58)42-30-40(56(8,9)10)31-44(33-42)61-43-25-26-48-47-19-11-12-22-49(47)60(52(48)34-43)53-32-39(27-28-57-53)55(5,6)7/h11-34,36-37H,35H2,1-10H3. The van der Waals surface area contributed by atoms with Gasteiger partial charge in [-0.15, -0.1) is 0 Å². The smallest absolute Gasteiger partial charge is 0.137 e. The van der Waals surface area contributed by atoms with Crippen molar-refractivity contribution in [1.29, 1.82) is 0 Å². The zero-order valence-corrected chi connectivity index (χ0v) is 37.4. The van der Waals surface area contributed by atoms with Crippen molar-refractivity contribution in [3.63, 3.8) is 0 Å². The van der Waals surface area contributed by atoms with Crippen molar-refractivity contribution in [3.8, 4) is 28.4 Å². The van der Waals surface area contributed by atoms with Gasteiger partial charge in [0.05, 0.1) is 22.4 Å². The number of benzene rings is 6. The third kappa shape index (κ3) is 7.45. The first-order chi connectivity index (χ1) is 29.2. The van der Waals surface area contributed by atoms with Gasteiger partial charge in [-0.25, -0.2) is 4.98 Å². The Morgan fingerprint density at radius 1 is 0.525 bits per heavy atom. The lowest BCUT2D eigenvalue weighted by atomic mass is 9.85. The minimum atomic E-state index is -0.112. The van der Waals surface area contributed by atoms with Gasteiger partial charge >= 0.3 is 0 Å². The van der Waals surface area contributed by atoms with Gasteiger partial charge in [0, 0.05) is 40.5 Å². The number of pyridine rings is 1. The van der Waals surface area contributed by atoms with Gasteiger partial charge in [-0.2, -0.15) is 0 Å².